The number of nitrogens with one attached hydrogen (secondary N) is 1. The number of nitrogens with two attached hydrogens (primary N) is 1. The summed E-state index contributed by atoms with van der Waals surface area (Å²) in [6, 6.07) is 15.5. The summed E-state index contributed by atoms with van der Waals surface area (Å²) in [7, 11) is 0. The van der Waals surface area contributed by atoms with Crippen LogP contribution in [0.15, 0.2) is 53.7 Å². The molecule has 4 N–H and O–H groups in total. The highest BCUT2D eigenvalue weighted by Gasteiger charge is 2.14. The number of amidine groups is 1. The van der Waals surface area contributed by atoms with Gasteiger partial charge in [0.15, 0.2) is 0 Å². The zero-order valence-electron chi connectivity index (χ0n) is 11.8. The van der Waals surface area contributed by atoms with Crippen LogP contribution in [-0.2, 0) is 0 Å². The van der Waals surface area contributed by atoms with E-state index in [4.69, 9.17) is 22.5 Å². The molecule has 0 aliphatic carbocycles. The first-order chi connectivity index (χ1) is 10.1. The molecule has 1 atom stereocenters. The van der Waals surface area contributed by atoms with Crippen molar-refractivity contribution in [1.82, 2.24) is 0 Å². The van der Waals surface area contributed by atoms with Crippen LogP contribution in [0, 0.1) is 6.92 Å². The molecular weight excluding hydrogens is 286 g/mol. The van der Waals surface area contributed by atoms with E-state index in [1.807, 2.05) is 55.5 Å². The maximum Gasteiger partial charge on any atom is 0.141 e. The lowest BCUT2D eigenvalue weighted by Gasteiger charge is -2.21. The molecule has 0 amide bonds. The van der Waals surface area contributed by atoms with Gasteiger partial charge in [0, 0.05) is 17.1 Å². The number of hydrogen-bond acceptors (Lipinski definition) is 3. The highest BCUT2D eigenvalue weighted by atomic mass is 35.5. The SMILES string of the molecule is Cc1ccc(Cl)cc1NC(CC(N)=NO)c1ccccc1. The normalized spacial score (nSPS) is 13.0. The van der Waals surface area contributed by atoms with Crippen molar-refractivity contribution in [2.24, 2.45) is 10.9 Å². The molecule has 2 aromatic carbocycles. The van der Waals surface area contributed by atoms with Crippen molar-refractivity contribution < 1.29 is 5.21 Å². The number of rotatable bonds is 5. The summed E-state index contributed by atoms with van der Waals surface area (Å²) >= 11 is 6.05. The van der Waals surface area contributed by atoms with Crippen LogP contribution in [0.2, 0.25) is 5.02 Å². The average molecular weight is 304 g/mol. The van der Waals surface area contributed by atoms with Gasteiger partial charge in [-0.25, -0.2) is 0 Å². The second-order valence-electron chi connectivity index (χ2n) is 4.86. The van der Waals surface area contributed by atoms with Crippen LogP contribution in [0.4, 0.5) is 5.69 Å². The Hall–Kier alpha value is -2.20. The third kappa shape index (κ3) is 4.13. The van der Waals surface area contributed by atoms with Gasteiger partial charge in [0.1, 0.15) is 5.84 Å². The van der Waals surface area contributed by atoms with Gasteiger partial charge >= 0.3 is 0 Å². The average Bonchev–Trinajstić information content (AvgIpc) is 2.51. The Kier molecular flexibility index (Phi) is 5.06. The van der Waals surface area contributed by atoms with Crippen molar-refractivity contribution in [2.45, 2.75) is 19.4 Å². The Bertz CT molecular complexity index is 629. The minimum Gasteiger partial charge on any atom is -0.409 e. The summed E-state index contributed by atoms with van der Waals surface area (Å²) in [5.74, 6) is 0.177. The van der Waals surface area contributed by atoms with E-state index in [9.17, 15) is 0 Å². The van der Waals surface area contributed by atoms with Crippen LogP contribution >= 0.6 is 11.6 Å². The molecule has 0 radical (unpaired) electrons. The minimum absolute atomic E-state index is 0.0979. The Balaban J connectivity index is 2.29. The fourth-order valence-corrected chi connectivity index (χ4v) is 2.30. The monoisotopic (exact) mass is 303 g/mol. The molecule has 21 heavy (non-hydrogen) atoms. The molecule has 5 heteroatoms. The third-order valence-corrected chi connectivity index (χ3v) is 3.51. The van der Waals surface area contributed by atoms with Gasteiger partial charge in [0.2, 0.25) is 0 Å². The van der Waals surface area contributed by atoms with Gasteiger partial charge in [-0.15, -0.1) is 0 Å². The largest absolute Gasteiger partial charge is 0.409 e. The van der Waals surface area contributed by atoms with Gasteiger partial charge in [-0.2, -0.15) is 0 Å². The van der Waals surface area contributed by atoms with Crippen molar-refractivity contribution >= 4 is 23.1 Å². The Morgan fingerprint density at radius 2 is 2.00 bits per heavy atom. The number of aryl methyl sites for hydroxylation is 1. The van der Waals surface area contributed by atoms with Crippen LogP contribution in [0.1, 0.15) is 23.6 Å². The van der Waals surface area contributed by atoms with Crippen molar-refractivity contribution in [1.29, 1.82) is 0 Å². The van der Waals surface area contributed by atoms with Gasteiger partial charge < -0.3 is 16.3 Å². The van der Waals surface area contributed by atoms with Crippen molar-refractivity contribution in [3.05, 3.63) is 64.7 Å². The lowest BCUT2D eigenvalue weighted by atomic mass is 10.0. The molecule has 0 aliphatic heterocycles. The van der Waals surface area contributed by atoms with Gasteiger partial charge in [-0.05, 0) is 30.2 Å². The molecule has 1 unspecified atom stereocenters. The van der Waals surface area contributed by atoms with E-state index >= 15 is 0 Å². The molecule has 0 aliphatic rings. The molecule has 4 nitrogen and oxygen atoms in total. The summed E-state index contributed by atoms with van der Waals surface area (Å²) in [4.78, 5) is 0. The van der Waals surface area contributed by atoms with E-state index in [0.29, 0.717) is 11.4 Å². The van der Waals surface area contributed by atoms with Crippen molar-refractivity contribution in [2.75, 3.05) is 5.32 Å². The standard InChI is InChI=1S/C16H18ClN3O/c1-11-7-8-13(17)9-14(11)19-15(10-16(18)20-21)12-5-3-2-4-6-12/h2-9,15,19,21H,10H2,1H3,(H2,18,20). The molecule has 2 rings (SSSR count). The summed E-state index contributed by atoms with van der Waals surface area (Å²) in [5, 5.41) is 16.0. The van der Waals surface area contributed by atoms with E-state index in [-0.39, 0.29) is 11.9 Å². The smallest absolute Gasteiger partial charge is 0.141 e. The first kappa shape index (κ1) is 15.2. The topological polar surface area (TPSA) is 70.6 Å². The molecule has 110 valence electrons. The second kappa shape index (κ2) is 6.99. The zero-order chi connectivity index (χ0) is 15.2. The van der Waals surface area contributed by atoms with E-state index in [1.54, 1.807) is 0 Å². The molecule has 0 saturated carbocycles. The van der Waals surface area contributed by atoms with Gasteiger partial charge in [-0.3, -0.25) is 0 Å². The molecule has 0 spiro atoms. The lowest BCUT2D eigenvalue weighted by Crippen LogP contribution is -2.21. The fraction of sp³-hybridized carbons (Fsp3) is 0.188. The Labute approximate surface area is 129 Å². The maximum absolute atomic E-state index is 8.81. The summed E-state index contributed by atoms with van der Waals surface area (Å²) in [6.07, 6.45) is 0.395. The van der Waals surface area contributed by atoms with E-state index < -0.39 is 0 Å². The predicted molar refractivity (Wildman–Crippen MR) is 87.0 cm³/mol. The number of benzene rings is 2. The molecule has 0 saturated heterocycles. The first-order valence-electron chi connectivity index (χ1n) is 6.64. The van der Waals surface area contributed by atoms with E-state index in [1.165, 1.54) is 0 Å². The fourth-order valence-electron chi connectivity index (χ4n) is 2.12. The first-order valence-corrected chi connectivity index (χ1v) is 7.02. The third-order valence-electron chi connectivity index (χ3n) is 3.27. The van der Waals surface area contributed by atoms with Crippen molar-refractivity contribution in [3.8, 4) is 0 Å². The number of hydrogen-bond donors (Lipinski definition) is 3. The summed E-state index contributed by atoms with van der Waals surface area (Å²) in [5.41, 5.74) is 8.74. The van der Waals surface area contributed by atoms with Crippen LogP contribution in [-0.4, -0.2) is 11.0 Å². The molecule has 0 fully saturated rings. The molecule has 0 aromatic heterocycles. The van der Waals surface area contributed by atoms with Gasteiger partial charge in [0.25, 0.3) is 0 Å². The quantitative estimate of drug-likeness (QED) is 0.339. The molecule has 2 aromatic rings. The Morgan fingerprint density at radius 1 is 1.29 bits per heavy atom. The van der Waals surface area contributed by atoms with Gasteiger partial charge in [0.05, 0.1) is 6.04 Å². The molecule has 0 heterocycles. The maximum atomic E-state index is 8.81. The molecular formula is C16H18ClN3O. The highest BCUT2D eigenvalue weighted by molar-refractivity contribution is 6.30. The molecule has 0 bridgehead atoms. The highest BCUT2D eigenvalue weighted by Crippen LogP contribution is 2.27. The van der Waals surface area contributed by atoms with Crippen LogP contribution in [0.5, 0.6) is 0 Å². The number of anilines is 1. The van der Waals surface area contributed by atoms with Crippen LogP contribution < -0.4 is 11.1 Å². The minimum atomic E-state index is -0.0979. The van der Waals surface area contributed by atoms with Crippen LogP contribution in [0.25, 0.3) is 0 Å². The summed E-state index contributed by atoms with van der Waals surface area (Å²) < 4.78 is 0. The number of nitrogens with zero attached hydrogens (tertiary/aromatic N) is 1. The number of oxime groups is 1. The summed E-state index contributed by atoms with van der Waals surface area (Å²) in [6.45, 7) is 2.00. The predicted octanol–water partition coefficient (Wildman–Crippen LogP) is 3.94. The Morgan fingerprint density at radius 3 is 2.67 bits per heavy atom. The van der Waals surface area contributed by atoms with E-state index in [2.05, 4.69) is 10.5 Å². The van der Waals surface area contributed by atoms with Crippen molar-refractivity contribution in [3.63, 3.8) is 0 Å². The van der Waals surface area contributed by atoms with Gasteiger partial charge in [-0.1, -0.05) is 53.2 Å². The van der Waals surface area contributed by atoms with E-state index in [0.717, 1.165) is 16.8 Å². The lowest BCUT2D eigenvalue weighted by molar-refractivity contribution is 0.316. The number of halogens is 1. The second-order valence-corrected chi connectivity index (χ2v) is 5.30. The van der Waals surface area contributed by atoms with Crippen LogP contribution in [0.3, 0.4) is 0 Å². The zero-order valence-corrected chi connectivity index (χ0v) is 12.5.